The zero-order valence-corrected chi connectivity index (χ0v) is 12.8. The van der Waals surface area contributed by atoms with Crippen molar-refractivity contribution in [2.45, 2.75) is 33.2 Å². The average Bonchev–Trinajstić information content (AvgIpc) is 2.97. The van der Waals surface area contributed by atoms with Gasteiger partial charge in [0.25, 0.3) is 0 Å². The molecule has 110 valence electrons. The van der Waals surface area contributed by atoms with E-state index in [0.29, 0.717) is 12.0 Å². The van der Waals surface area contributed by atoms with Gasteiger partial charge in [-0.05, 0) is 24.9 Å². The second-order valence-electron chi connectivity index (χ2n) is 5.09. The normalized spacial score (nSPS) is 22.2. The summed E-state index contributed by atoms with van der Waals surface area (Å²) in [6, 6.07) is 2.54. The molecule has 0 amide bonds. The Balaban J connectivity index is 0.000000704. The van der Waals surface area contributed by atoms with Gasteiger partial charge in [0.1, 0.15) is 17.8 Å². The maximum Gasteiger partial charge on any atom is 0.142 e. The molecule has 0 saturated carbocycles. The molecule has 2 aromatic heterocycles. The number of rotatable bonds is 2. The molecule has 0 radical (unpaired) electrons. The fourth-order valence-electron chi connectivity index (χ4n) is 2.79. The SMILES string of the molecule is CC.CC1CCNCC1N(C)c1ncnc2[nH]ccc12. The number of hydrogen-bond acceptors (Lipinski definition) is 4. The molecule has 5 nitrogen and oxygen atoms in total. The van der Waals surface area contributed by atoms with Crippen molar-refractivity contribution in [3.8, 4) is 0 Å². The summed E-state index contributed by atoms with van der Waals surface area (Å²) in [5, 5.41) is 4.56. The molecule has 20 heavy (non-hydrogen) atoms. The van der Waals surface area contributed by atoms with Crippen LogP contribution in [0.15, 0.2) is 18.6 Å². The lowest BCUT2D eigenvalue weighted by molar-refractivity contribution is 0.338. The number of fused-ring (bicyclic) bond motifs is 1. The number of aromatic amines is 1. The predicted molar refractivity (Wildman–Crippen MR) is 84.1 cm³/mol. The molecule has 1 saturated heterocycles. The molecule has 1 aliphatic rings. The third kappa shape index (κ3) is 2.77. The van der Waals surface area contributed by atoms with E-state index in [2.05, 4.69) is 39.1 Å². The van der Waals surface area contributed by atoms with E-state index in [4.69, 9.17) is 0 Å². The van der Waals surface area contributed by atoms with E-state index in [1.807, 2.05) is 26.1 Å². The van der Waals surface area contributed by atoms with Gasteiger partial charge < -0.3 is 15.2 Å². The molecular formula is C15H25N5. The molecule has 2 aromatic rings. The highest BCUT2D eigenvalue weighted by Gasteiger charge is 2.26. The van der Waals surface area contributed by atoms with E-state index in [1.54, 1.807) is 6.33 Å². The minimum absolute atomic E-state index is 0.492. The molecule has 1 fully saturated rings. The van der Waals surface area contributed by atoms with Crippen LogP contribution in [0.25, 0.3) is 11.0 Å². The quantitative estimate of drug-likeness (QED) is 0.884. The minimum atomic E-state index is 0.492. The molecule has 0 bridgehead atoms. The van der Waals surface area contributed by atoms with Crippen LogP contribution in [0.5, 0.6) is 0 Å². The summed E-state index contributed by atoms with van der Waals surface area (Å²) in [4.78, 5) is 14.1. The molecule has 2 atom stereocenters. The number of anilines is 1. The van der Waals surface area contributed by atoms with Crippen molar-refractivity contribution in [1.82, 2.24) is 20.3 Å². The van der Waals surface area contributed by atoms with Gasteiger partial charge in [-0.3, -0.25) is 0 Å². The smallest absolute Gasteiger partial charge is 0.142 e. The highest BCUT2D eigenvalue weighted by molar-refractivity contribution is 5.87. The molecule has 3 heterocycles. The van der Waals surface area contributed by atoms with Crippen LogP contribution in [0.2, 0.25) is 0 Å². The summed E-state index contributed by atoms with van der Waals surface area (Å²) in [5.74, 6) is 1.70. The van der Waals surface area contributed by atoms with Gasteiger partial charge in [0, 0.05) is 25.8 Å². The van der Waals surface area contributed by atoms with Crippen LogP contribution in [0.4, 0.5) is 5.82 Å². The molecule has 2 unspecified atom stereocenters. The van der Waals surface area contributed by atoms with Crippen molar-refractivity contribution in [1.29, 1.82) is 0 Å². The first-order valence-electron chi connectivity index (χ1n) is 7.49. The van der Waals surface area contributed by atoms with Crippen molar-refractivity contribution < 1.29 is 0 Å². The van der Waals surface area contributed by atoms with E-state index < -0.39 is 0 Å². The monoisotopic (exact) mass is 275 g/mol. The second kappa shape index (κ2) is 6.70. The minimum Gasteiger partial charge on any atom is -0.354 e. The third-order valence-electron chi connectivity index (χ3n) is 3.95. The summed E-state index contributed by atoms with van der Waals surface area (Å²) in [5.41, 5.74) is 0.906. The Morgan fingerprint density at radius 3 is 2.85 bits per heavy atom. The first-order chi connectivity index (χ1) is 9.77. The van der Waals surface area contributed by atoms with Gasteiger partial charge in [-0.15, -0.1) is 0 Å². The Morgan fingerprint density at radius 1 is 1.30 bits per heavy atom. The molecule has 5 heteroatoms. The number of H-pyrrole nitrogens is 1. The Morgan fingerprint density at radius 2 is 2.10 bits per heavy atom. The molecule has 3 rings (SSSR count). The summed E-state index contributed by atoms with van der Waals surface area (Å²) in [6.07, 6.45) is 4.77. The number of nitrogens with zero attached hydrogens (tertiary/aromatic N) is 3. The summed E-state index contributed by atoms with van der Waals surface area (Å²) in [7, 11) is 2.13. The van der Waals surface area contributed by atoms with Crippen LogP contribution in [0.1, 0.15) is 27.2 Å². The van der Waals surface area contributed by atoms with Crippen LogP contribution in [-0.4, -0.2) is 41.1 Å². The number of nitrogens with one attached hydrogen (secondary N) is 2. The first-order valence-corrected chi connectivity index (χ1v) is 7.49. The van der Waals surface area contributed by atoms with Gasteiger partial charge in [-0.2, -0.15) is 0 Å². The molecule has 2 N–H and O–H groups in total. The van der Waals surface area contributed by atoms with E-state index >= 15 is 0 Å². The van der Waals surface area contributed by atoms with E-state index in [0.717, 1.165) is 29.9 Å². The topological polar surface area (TPSA) is 56.8 Å². The van der Waals surface area contributed by atoms with Gasteiger partial charge in [0.15, 0.2) is 0 Å². The van der Waals surface area contributed by atoms with E-state index in [-0.39, 0.29) is 0 Å². The molecular weight excluding hydrogens is 250 g/mol. The number of piperidine rings is 1. The van der Waals surface area contributed by atoms with Gasteiger partial charge in [0.2, 0.25) is 0 Å². The number of hydrogen-bond donors (Lipinski definition) is 2. The fraction of sp³-hybridized carbons (Fsp3) is 0.600. The lowest BCUT2D eigenvalue weighted by Gasteiger charge is -2.37. The van der Waals surface area contributed by atoms with Crippen molar-refractivity contribution in [2.24, 2.45) is 5.92 Å². The Kier molecular flexibility index (Phi) is 4.95. The van der Waals surface area contributed by atoms with Crippen LogP contribution in [0.3, 0.4) is 0 Å². The predicted octanol–water partition coefficient (Wildman–Crippen LogP) is 2.42. The molecule has 0 aromatic carbocycles. The third-order valence-corrected chi connectivity index (χ3v) is 3.95. The summed E-state index contributed by atoms with van der Waals surface area (Å²) < 4.78 is 0. The van der Waals surface area contributed by atoms with Crippen LogP contribution in [0, 0.1) is 5.92 Å². The lowest BCUT2D eigenvalue weighted by atomic mass is 9.93. The van der Waals surface area contributed by atoms with E-state index in [9.17, 15) is 0 Å². The maximum absolute atomic E-state index is 4.46. The zero-order valence-electron chi connectivity index (χ0n) is 12.8. The van der Waals surface area contributed by atoms with Gasteiger partial charge in [-0.25, -0.2) is 9.97 Å². The van der Waals surface area contributed by atoms with Crippen molar-refractivity contribution in [3.05, 3.63) is 18.6 Å². The largest absolute Gasteiger partial charge is 0.354 e. The summed E-state index contributed by atoms with van der Waals surface area (Å²) in [6.45, 7) is 8.46. The Hall–Kier alpha value is -1.62. The zero-order chi connectivity index (χ0) is 14.5. The maximum atomic E-state index is 4.46. The summed E-state index contributed by atoms with van der Waals surface area (Å²) >= 11 is 0. The standard InChI is InChI=1S/C13H19N5.C2H6/c1-9-3-5-14-7-11(9)18(2)13-10-4-6-15-12(10)16-8-17-13;1-2/h4,6,8-9,11,14H,3,5,7H2,1-2H3,(H,15,16,17);1-2H3. The van der Waals surface area contributed by atoms with Crippen molar-refractivity contribution >= 4 is 16.9 Å². The molecule has 1 aliphatic heterocycles. The van der Waals surface area contributed by atoms with Gasteiger partial charge in [-0.1, -0.05) is 20.8 Å². The molecule has 0 aliphatic carbocycles. The van der Waals surface area contributed by atoms with E-state index in [1.165, 1.54) is 6.42 Å². The van der Waals surface area contributed by atoms with Crippen LogP contribution < -0.4 is 10.2 Å². The van der Waals surface area contributed by atoms with Gasteiger partial charge >= 0.3 is 0 Å². The number of aromatic nitrogens is 3. The lowest BCUT2D eigenvalue weighted by Crippen LogP contribution is -2.49. The van der Waals surface area contributed by atoms with Crippen LogP contribution >= 0.6 is 0 Å². The van der Waals surface area contributed by atoms with Gasteiger partial charge in [0.05, 0.1) is 5.39 Å². The fourth-order valence-corrected chi connectivity index (χ4v) is 2.79. The highest BCUT2D eigenvalue weighted by atomic mass is 15.2. The second-order valence-corrected chi connectivity index (χ2v) is 5.09. The van der Waals surface area contributed by atoms with Crippen molar-refractivity contribution in [2.75, 3.05) is 25.0 Å². The Labute approximate surface area is 120 Å². The number of likely N-dealkylation sites (N-methyl/N-ethyl adjacent to an activating group) is 1. The average molecular weight is 275 g/mol. The molecule has 0 spiro atoms. The highest BCUT2D eigenvalue weighted by Crippen LogP contribution is 2.26. The first kappa shape index (κ1) is 14.8. The van der Waals surface area contributed by atoms with Crippen molar-refractivity contribution in [3.63, 3.8) is 0 Å². The Bertz CT molecular complexity index is 536. The van der Waals surface area contributed by atoms with Crippen LogP contribution in [-0.2, 0) is 0 Å².